The molecule has 1 aromatic heterocycles. The van der Waals surface area contributed by atoms with Gasteiger partial charge >= 0.3 is 0 Å². The molecule has 0 radical (unpaired) electrons. The lowest BCUT2D eigenvalue weighted by atomic mass is 10.0. The summed E-state index contributed by atoms with van der Waals surface area (Å²) < 4.78 is 39.3. The number of anilines is 2. The van der Waals surface area contributed by atoms with E-state index in [1.165, 1.54) is 23.9 Å². The molecule has 1 unspecified atom stereocenters. The Balaban J connectivity index is 2.35. The number of benzene rings is 1. The van der Waals surface area contributed by atoms with Crippen molar-refractivity contribution in [3.05, 3.63) is 35.1 Å². The standard InChI is InChI=1S/C20H30FN5O3S2/c1-6-14-10-15(21)7-8-17(14)13(4)30-20-24-18(22-16(11-27)9-12(2)3)23-19(25-20)26-31(5,28)29/h7-8,10,12-13,16,27H,6,9,11H2,1-5H3,(H2,22,23,24,25,26)/t13?,16-/m1/s1. The number of rotatable bonds is 11. The molecule has 1 heterocycles. The molecule has 8 nitrogen and oxygen atoms in total. The van der Waals surface area contributed by atoms with Crippen LogP contribution in [0.5, 0.6) is 0 Å². The molecule has 0 saturated carbocycles. The van der Waals surface area contributed by atoms with Crippen molar-refractivity contribution in [3.63, 3.8) is 0 Å². The third-order valence-corrected chi connectivity index (χ3v) is 5.96. The number of thioether (sulfide) groups is 1. The van der Waals surface area contributed by atoms with Gasteiger partial charge in [-0.3, -0.25) is 4.72 Å². The molecule has 2 atom stereocenters. The van der Waals surface area contributed by atoms with E-state index in [9.17, 15) is 17.9 Å². The third-order valence-electron chi connectivity index (χ3n) is 4.41. The summed E-state index contributed by atoms with van der Waals surface area (Å²) >= 11 is 1.31. The second-order valence-corrected chi connectivity index (χ2v) is 10.8. The Labute approximate surface area is 187 Å². The lowest BCUT2D eigenvalue weighted by Gasteiger charge is -2.19. The van der Waals surface area contributed by atoms with Crippen LogP contribution in [0.1, 0.15) is 50.5 Å². The molecule has 0 bridgehead atoms. The molecule has 31 heavy (non-hydrogen) atoms. The molecule has 0 aliphatic heterocycles. The molecule has 2 rings (SSSR count). The number of nitrogens with zero attached hydrogens (tertiary/aromatic N) is 3. The van der Waals surface area contributed by atoms with Crippen LogP contribution in [0.2, 0.25) is 0 Å². The highest BCUT2D eigenvalue weighted by Crippen LogP contribution is 2.35. The van der Waals surface area contributed by atoms with Crippen molar-refractivity contribution < 1.29 is 17.9 Å². The lowest BCUT2D eigenvalue weighted by molar-refractivity contribution is 0.259. The zero-order valence-corrected chi connectivity index (χ0v) is 20.0. The fourth-order valence-corrected chi connectivity index (χ4v) is 4.49. The van der Waals surface area contributed by atoms with E-state index in [-0.39, 0.29) is 35.6 Å². The number of aromatic nitrogens is 3. The minimum atomic E-state index is -3.59. The van der Waals surface area contributed by atoms with Crippen molar-refractivity contribution in [3.8, 4) is 0 Å². The first-order valence-corrected chi connectivity index (χ1v) is 12.8. The van der Waals surface area contributed by atoms with Gasteiger partial charge in [0.2, 0.25) is 21.9 Å². The van der Waals surface area contributed by atoms with Gasteiger partial charge in [-0.05, 0) is 48.9 Å². The monoisotopic (exact) mass is 471 g/mol. The molecule has 172 valence electrons. The summed E-state index contributed by atoms with van der Waals surface area (Å²) in [6, 6.07) is 4.39. The average molecular weight is 472 g/mol. The fourth-order valence-electron chi connectivity index (χ4n) is 3.11. The van der Waals surface area contributed by atoms with Gasteiger partial charge in [0.05, 0.1) is 18.9 Å². The number of hydrogen-bond donors (Lipinski definition) is 3. The Morgan fingerprint density at radius 1 is 1.16 bits per heavy atom. The normalized spacial score (nSPS) is 13.8. The third kappa shape index (κ3) is 8.23. The first-order chi connectivity index (χ1) is 14.5. The smallest absolute Gasteiger partial charge is 0.242 e. The Hall–Kier alpha value is -1.98. The van der Waals surface area contributed by atoms with Gasteiger partial charge in [-0.1, -0.05) is 38.6 Å². The Morgan fingerprint density at radius 2 is 1.84 bits per heavy atom. The SMILES string of the molecule is CCc1cc(F)ccc1C(C)Sc1nc(N[C@@H](CO)CC(C)C)nc(NS(C)(=O)=O)n1. The van der Waals surface area contributed by atoms with Gasteiger partial charge in [0.1, 0.15) is 5.82 Å². The number of aliphatic hydroxyl groups is 1. The lowest BCUT2D eigenvalue weighted by Crippen LogP contribution is -2.27. The topological polar surface area (TPSA) is 117 Å². The quantitative estimate of drug-likeness (QED) is 0.426. The predicted octanol–water partition coefficient (Wildman–Crippen LogP) is 3.62. The average Bonchev–Trinajstić information content (AvgIpc) is 2.65. The summed E-state index contributed by atoms with van der Waals surface area (Å²) in [6.07, 6.45) is 2.38. The predicted molar refractivity (Wildman–Crippen MR) is 122 cm³/mol. The van der Waals surface area contributed by atoms with Crippen LogP contribution in [-0.4, -0.2) is 47.4 Å². The van der Waals surface area contributed by atoms with E-state index in [1.54, 1.807) is 6.07 Å². The minimum Gasteiger partial charge on any atom is -0.394 e. The number of nitrogens with one attached hydrogen (secondary N) is 2. The number of hydrogen-bond acceptors (Lipinski definition) is 8. The number of sulfonamides is 1. The summed E-state index contributed by atoms with van der Waals surface area (Å²) in [5.74, 6) is 0.111. The van der Waals surface area contributed by atoms with Crippen molar-refractivity contribution in [1.29, 1.82) is 0 Å². The second kappa shape index (κ2) is 11.1. The van der Waals surface area contributed by atoms with Crippen LogP contribution in [-0.2, 0) is 16.4 Å². The number of aryl methyl sites for hydroxylation is 1. The van der Waals surface area contributed by atoms with Crippen molar-refractivity contribution >= 4 is 33.7 Å². The Kier molecular flexibility index (Phi) is 9.01. The molecule has 2 aromatic rings. The maximum atomic E-state index is 13.6. The summed E-state index contributed by atoms with van der Waals surface area (Å²) in [7, 11) is -3.59. The summed E-state index contributed by atoms with van der Waals surface area (Å²) in [5.41, 5.74) is 1.84. The molecule has 0 amide bonds. The van der Waals surface area contributed by atoms with E-state index in [1.807, 2.05) is 27.7 Å². The second-order valence-electron chi connectivity index (χ2n) is 7.75. The van der Waals surface area contributed by atoms with Gasteiger partial charge in [-0.2, -0.15) is 15.0 Å². The van der Waals surface area contributed by atoms with Crippen LogP contribution in [0.25, 0.3) is 0 Å². The van der Waals surface area contributed by atoms with Gasteiger partial charge in [0.25, 0.3) is 0 Å². The highest BCUT2D eigenvalue weighted by Gasteiger charge is 2.18. The summed E-state index contributed by atoms with van der Waals surface area (Å²) in [5, 5.41) is 12.9. The maximum absolute atomic E-state index is 13.6. The first-order valence-electron chi connectivity index (χ1n) is 10.1. The number of aliphatic hydroxyl groups excluding tert-OH is 1. The number of halogens is 1. The van der Waals surface area contributed by atoms with Crippen molar-refractivity contribution in [2.75, 3.05) is 22.9 Å². The fraction of sp³-hybridized carbons (Fsp3) is 0.550. The molecule has 11 heteroatoms. The molecule has 0 aliphatic rings. The molecule has 0 aliphatic carbocycles. The molecular weight excluding hydrogens is 441 g/mol. The zero-order valence-electron chi connectivity index (χ0n) is 18.4. The van der Waals surface area contributed by atoms with E-state index < -0.39 is 10.0 Å². The Morgan fingerprint density at radius 3 is 2.42 bits per heavy atom. The highest BCUT2D eigenvalue weighted by atomic mass is 32.2. The van der Waals surface area contributed by atoms with E-state index in [4.69, 9.17) is 0 Å². The van der Waals surface area contributed by atoms with Crippen LogP contribution in [0.4, 0.5) is 16.3 Å². The van der Waals surface area contributed by atoms with Crippen LogP contribution < -0.4 is 10.0 Å². The maximum Gasteiger partial charge on any atom is 0.242 e. The van der Waals surface area contributed by atoms with Gasteiger partial charge in [0, 0.05) is 5.25 Å². The largest absolute Gasteiger partial charge is 0.394 e. The van der Waals surface area contributed by atoms with Crippen LogP contribution >= 0.6 is 11.8 Å². The molecule has 0 spiro atoms. The van der Waals surface area contributed by atoms with Crippen molar-refractivity contribution in [1.82, 2.24) is 15.0 Å². The van der Waals surface area contributed by atoms with Gasteiger partial charge < -0.3 is 10.4 Å². The van der Waals surface area contributed by atoms with E-state index in [0.29, 0.717) is 23.9 Å². The van der Waals surface area contributed by atoms with Gasteiger partial charge in [-0.15, -0.1) is 0 Å². The molecule has 3 N–H and O–H groups in total. The molecule has 0 fully saturated rings. The van der Waals surface area contributed by atoms with E-state index >= 15 is 0 Å². The molecule has 1 aromatic carbocycles. The van der Waals surface area contributed by atoms with Crippen LogP contribution in [0.15, 0.2) is 23.4 Å². The van der Waals surface area contributed by atoms with Crippen molar-refractivity contribution in [2.24, 2.45) is 5.92 Å². The van der Waals surface area contributed by atoms with Crippen LogP contribution in [0.3, 0.4) is 0 Å². The van der Waals surface area contributed by atoms with E-state index in [2.05, 4.69) is 25.0 Å². The zero-order chi connectivity index (χ0) is 23.2. The van der Waals surface area contributed by atoms with E-state index in [0.717, 1.165) is 17.4 Å². The minimum absolute atomic E-state index is 0.106. The van der Waals surface area contributed by atoms with Crippen molar-refractivity contribution in [2.45, 2.75) is 57.0 Å². The van der Waals surface area contributed by atoms with Crippen LogP contribution in [0, 0.1) is 11.7 Å². The summed E-state index contributed by atoms with van der Waals surface area (Å²) in [4.78, 5) is 12.8. The Bertz CT molecular complexity index is 989. The highest BCUT2D eigenvalue weighted by molar-refractivity contribution is 7.99. The first kappa shape index (κ1) is 25.3. The molecular formula is C20H30FN5O3S2. The van der Waals surface area contributed by atoms with Gasteiger partial charge in [0.15, 0.2) is 5.16 Å². The van der Waals surface area contributed by atoms with Gasteiger partial charge in [-0.25, -0.2) is 12.8 Å². The summed E-state index contributed by atoms with van der Waals surface area (Å²) in [6.45, 7) is 7.86. The molecule has 0 saturated heterocycles.